The van der Waals surface area contributed by atoms with Crippen LogP contribution < -0.4 is 5.32 Å². The maximum atomic E-state index is 13.8. The molecule has 2 rings (SSSR count). The minimum Gasteiger partial charge on any atom is -0.316 e. The highest BCUT2D eigenvalue weighted by Gasteiger charge is 2.30. The van der Waals surface area contributed by atoms with Crippen molar-refractivity contribution in [2.75, 3.05) is 13.1 Å². The van der Waals surface area contributed by atoms with Crippen LogP contribution in [-0.2, 0) is 6.42 Å². The van der Waals surface area contributed by atoms with Gasteiger partial charge in [0.1, 0.15) is 5.82 Å². The summed E-state index contributed by atoms with van der Waals surface area (Å²) in [6.07, 6.45) is 3.41. The molecule has 0 spiro atoms. The fraction of sp³-hybridized carbons (Fsp3) is 0.625. The fourth-order valence-corrected chi connectivity index (χ4v) is 3.04. The summed E-state index contributed by atoms with van der Waals surface area (Å²) in [6, 6.07) is 5.42. The lowest BCUT2D eigenvalue weighted by atomic mass is 9.70. The van der Waals surface area contributed by atoms with Gasteiger partial charge in [0.05, 0.1) is 0 Å². The molecule has 0 aliphatic heterocycles. The number of hydrogen-bond donors (Lipinski definition) is 1. The van der Waals surface area contributed by atoms with Crippen molar-refractivity contribution in [3.8, 4) is 0 Å². The second-order valence-corrected chi connectivity index (χ2v) is 7.01. The predicted molar refractivity (Wildman–Crippen MR) is 81.7 cm³/mol. The first-order chi connectivity index (χ1) is 9.06. The lowest BCUT2D eigenvalue weighted by Crippen LogP contribution is -2.37. The van der Waals surface area contributed by atoms with Crippen molar-refractivity contribution in [1.82, 2.24) is 5.32 Å². The summed E-state index contributed by atoms with van der Waals surface area (Å²) < 4.78 is 14.6. The summed E-state index contributed by atoms with van der Waals surface area (Å²) in [5.74, 6) is 2.00. The molecule has 2 atom stereocenters. The Balaban J connectivity index is 1.82. The molecule has 1 aliphatic rings. The van der Waals surface area contributed by atoms with Crippen LogP contribution in [0.5, 0.6) is 0 Å². The molecule has 19 heavy (non-hydrogen) atoms. The van der Waals surface area contributed by atoms with Crippen LogP contribution in [0.3, 0.4) is 0 Å². The first kappa shape index (κ1) is 15.0. The van der Waals surface area contributed by atoms with E-state index in [1.54, 1.807) is 6.07 Å². The molecule has 3 heteroatoms. The maximum absolute atomic E-state index is 13.8. The van der Waals surface area contributed by atoms with E-state index in [9.17, 15) is 4.39 Å². The predicted octanol–water partition coefficient (Wildman–Crippen LogP) is 4.40. The Hall–Kier alpha value is -0.410. The molecule has 1 saturated carbocycles. The molecule has 106 valence electrons. The second kappa shape index (κ2) is 6.85. The Labute approximate surface area is 124 Å². The molecule has 1 nitrogen and oxygen atoms in total. The van der Waals surface area contributed by atoms with Gasteiger partial charge in [0, 0.05) is 4.47 Å². The third-order valence-electron chi connectivity index (χ3n) is 4.03. The van der Waals surface area contributed by atoms with E-state index >= 15 is 0 Å². The molecule has 1 N–H and O–H groups in total. The zero-order valence-electron chi connectivity index (χ0n) is 11.8. The first-order valence-electron chi connectivity index (χ1n) is 7.21. The zero-order chi connectivity index (χ0) is 13.8. The third kappa shape index (κ3) is 4.28. The molecule has 0 amide bonds. The van der Waals surface area contributed by atoms with E-state index in [4.69, 9.17) is 0 Å². The van der Waals surface area contributed by atoms with Gasteiger partial charge < -0.3 is 5.32 Å². The minimum atomic E-state index is -0.0739. The number of nitrogens with one attached hydrogen (secondary N) is 1. The van der Waals surface area contributed by atoms with Gasteiger partial charge in [0.15, 0.2) is 0 Å². The van der Waals surface area contributed by atoms with Crippen LogP contribution in [0.4, 0.5) is 4.39 Å². The summed E-state index contributed by atoms with van der Waals surface area (Å²) in [7, 11) is 0. The lowest BCUT2D eigenvalue weighted by Gasteiger charge is -2.37. The molecule has 0 heterocycles. The van der Waals surface area contributed by atoms with E-state index in [1.807, 2.05) is 12.1 Å². The van der Waals surface area contributed by atoms with Gasteiger partial charge in [-0.3, -0.25) is 0 Å². The Morgan fingerprint density at radius 3 is 2.63 bits per heavy atom. The van der Waals surface area contributed by atoms with Crippen LogP contribution in [0.2, 0.25) is 0 Å². The zero-order valence-corrected chi connectivity index (χ0v) is 13.3. The van der Waals surface area contributed by atoms with E-state index in [0.29, 0.717) is 11.8 Å². The van der Waals surface area contributed by atoms with Crippen molar-refractivity contribution in [2.45, 2.75) is 33.1 Å². The van der Waals surface area contributed by atoms with Crippen molar-refractivity contribution in [3.05, 3.63) is 34.1 Å². The van der Waals surface area contributed by atoms with E-state index < -0.39 is 0 Å². The molecule has 2 unspecified atom stereocenters. The smallest absolute Gasteiger partial charge is 0.127 e. The monoisotopic (exact) mass is 327 g/mol. The van der Waals surface area contributed by atoms with Crippen molar-refractivity contribution < 1.29 is 4.39 Å². The van der Waals surface area contributed by atoms with Crippen LogP contribution in [0, 0.1) is 23.6 Å². The van der Waals surface area contributed by atoms with Crippen molar-refractivity contribution in [1.29, 1.82) is 0 Å². The van der Waals surface area contributed by atoms with Crippen LogP contribution in [0.15, 0.2) is 22.7 Å². The molecule has 1 fully saturated rings. The van der Waals surface area contributed by atoms with E-state index in [-0.39, 0.29) is 5.82 Å². The molecule has 1 aromatic rings. The van der Waals surface area contributed by atoms with Gasteiger partial charge in [0.2, 0.25) is 0 Å². The molecule has 1 aliphatic carbocycles. The van der Waals surface area contributed by atoms with Crippen LogP contribution in [0.25, 0.3) is 0 Å². The summed E-state index contributed by atoms with van der Waals surface area (Å²) >= 11 is 3.30. The van der Waals surface area contributed by atoms with Crippen molar-refractivity contribution in [2.24, 2.45) is 17.8 Å². The average Bonchev–Trinajstić information content (AvgIpc) is 2.32. The molecule has 0 radical (unpaired) electrons. The van der Waals surface area contributed by atoms with E-state index in [2.05, 4.69) is 35.1 Å². The second-order valence-electron chi connectivity index (χ2n) is 6.09. The topological polar surface area (TPSA) is 12.0 Å². The highest BCUT2D eigenvalue weighted by molar-refractivity contribution is 9.10. The lowest BCUT2D eigenvalue weighted by molar-refractivity contribution is 0.168. The molecule has 0 bridgehead atoms. The van der Waals surface area contributed by atoms with Crippen LogP contribution in [-0.4, -0.2) is 13.1 Å². The van der Waals surface area contributed by atoms with E-state index in [0.717, 1.165) is 35.5 Å². The molecule has 1 aromatic carbocycles. The summed E-state index contributed by atoms with van der Waals surface area (Å²) in [6.45, 7) is 6.61. The standard InChI is InChI=1S/C16H23BrFN/c1-11(2)9-19-10-14-4-3-12(14)7-13-5-6-15(17)8-16(13)18/h5-6,8,11-12,14,19H,3-4,7,9-10H2,1-2H3. The molecular weight excluding hydrogens is 305 g/mol. The Morgan fingerprint density at radius 2 is 2.05 bits per heavy atom. The molecule has 0 saturated heterocycles. The number of rotatable bonds is 6. The molecular formula is C16H23BrFN. The van der Waals surface area contributed by atoms with Gasteiger partial charge in [0.25, 0.3) is 0 Å². The average molecular weight is 328 g/mol. The van der Waals surface area contributed by atoms with Gasteiger partial charge in [-0.25, -0.2) is 4.39 Å². The van der Waals surface area contributed by atoms with Gasteiger partial charge in [-0.15, -0.1) is 0 Å². The SMILES string of the molecule is CC(C)CNCC1CCC1Cc1ccc(Br)cc1F. The highest BCUT2D eigenvalue weighted by atomic mass is 79.9. The largest absolute Gasteiger partial charge is 0.316 e. The van der Waals surface area contributed by atoms with Gasteiger partial charge >= 0.3 is 0 Å². The van der Waals surface area contributed by atoms with E-state index in [1.165, 1.54) is 12.8 Å². The summed E-state index contributed by atoms with van der Waals surface area (Å²) in [4.78, 5) is 0. The van der Waals surface area contributed by atoms with Gasteiger partial charge in [-0.05, 0) is 67.8 Å². The maximum Gasteiger partial charge on any atom is 0.127 e. The third-order valence-corrected chi connectivity index (χ3v) is 4.52. The van der Waals surface area contributed by atoms with Crippen LogP contribution >= 0.6 is 15.9 Å². The van der Waals surface area contributed by atoms with Crippen molar-refractivity contribution in [3.63, 3.8) is 0 Å². The van der Waals surface area contributed by atoms with Gasteiger partial charge in [-0.2, -0.15) is 0 Å². The normalized spacial score (nSPS) is 22.6. The fourth-order valence-electron chi connectivity index (χ4n) is 2.70. The Bertz CT molecular complexity index is 419. The van der Waals surface area contributed by atoms with Crippen LogP contribution in [0.1, 0.15) is 32.3 Å². The summed E-state index contributed by atoms with van der Waals surface area (Å²) in [5, 5.41) is 3.53. The van der Waals surface area contributed by atoms with Gasteiger partial charge in [-0.1, -0.05) is 35.8 Å². The highest BCUT2D eigenvalue weighted by Crippen LogP contribution is 2.37. The number of halogens is 2. The summed E-state index contributed by atoms with van der Waals surface area (Å²) in [5.41, 5.74) is 0.863. The number of benzene rings is 1. The first-order valence-corrected chi connectivity index (χ1v) is 8.00. The van der Waals surface area contributed by atoms with Crippen molar-refractivity contribution >= 4 is 15.9 Å². The quantitative estimate of drug-likeness (QED) is 0.816. The molecule has 0 aromatic heterocycles. The Kier molecular flexibility index (Phi) is 5.40. The number of hydrogen-bond acceptors (Lipinski definition) is 1. The Morgan fingerprint density at radius 1 is 1.32 bits per heavy atom. The minimum absolute atomic E-state index is 0.0739.